The molecule has 1 unspecified atom stereocenters. The van der Waals surface area contributed by atoms with Gasteiger partial charge in [0.15, 0.2) is 0 Å². The van der Waals surface area contributed by atoms with Crippen LogP contribution in [-0.4, -0.2) is 6.54 Å². The van der Waals surface area contributed by atoms with E-state index in [0.717, 1.165) is 19.4 Å². The lowest BCUT2D eigenvalue weighted by molar-refractivity contribution is 0.532. The van der Waals surface area contributed by atoms with Crippen LogP contribution in [0.3, 0.4) is 0 Å². The van der Waals surface area contributed by atoms with E-state index in [0.29, 0.717) is 6.04 Å². The van der Waals surface area contributed by atoms with E-state index in [1.165, 1.54) is 24.3 Å². The van der Waals surface area contributed by atoms with Crippen LogP contribution >= 0.6 is 43.2 Å². The van der Waals surface area contributed by atoms with E-state index in [1.54, 1.807) is 0 Å². The lowest BCUT2D eigenvalue weighted by Gasteiger charge is -2.19. The van der Waals surface area contributed by atoms with Gasteiger partial charge in [-0.3, -0.25) is 0 Å². The molecule has 4 heteroatoms. The van der Waals surface area contributed by atoms with Crippen LogP contribution in [0.4, 0.5) is 0 Å². The van der Waals surface area contributed by atoms with Gasteiger partial charge in [-0.2, -0.15) is 0 Å². The number of thiophene rings is 1. The number of aryl methyl sites for hydroxylation is 1. The Morgan fingerprint density at radius 3 is 2.60 bits per heavy atom. The quantitative estimate of drug-likeness (QED) is 0.621. The molecule has 1 N–H and O–H groups in total. The highest BCUT2D eigenvalue weighted by Gasteiger charge is 2.13. The van der Waals surface area contributed by atoms with Gasteiger partial charge in [-0.25, -0.2) is 0 Å². The van der Waals surface area contributed by atoms with Gasteiger partial charge in [0.25, 0.3) is 0 Å². The van der Waals surface area contributed by atoms with E-state index in [4.69, 9.17) is 0 Å². The second-order valence-electron chi connectivity index (χ2n) is 4.93. The van der Waals surface area contributed by atoms with Crippen LogP contribution in [0.1, 0.15) is 35.4 Å². The third-order valence-corrected chi connectivity index (χ3v) is 5.77. The van der Waals surface area contributed by atoms with E-state index in [2.05, 4.69) is 81.4 Å². The van der Waals surface area contributed by atoms with Crippen molar-refractivity contribution in [1.82, 2.24) is 5.32 Å². The molecule has 0 fully saturated rings. The average Bonchev–Trinajstić information content (AvgIpc) is 2.83. The second kappa shape index (κ2) is 7.74. The zero-order valence-corrected chi connectivity index (χ0v) is 15.7. The first-order valence-electron chi connectivity index (χ1n) is 6.83. The first-order valence-corrected chi connectivity index (χ1v) is 9.24. The van der Waals surface area contributed by atoms with Gasteiger partial charge >= 0.3 is 0 Å². The minimum absolute atomic E-state index is 0.373. The Morgan fingerprint density at radius 2 is 2.00 bits per heavy atom. The van der Waals surface area contributed by atoms with Gasteiger partial charge in [-0.1, -0.05) is 35.0 Å². The average molecular weight is 417 g/mol. The molecule has 0 aliphatic carbocycles. The lowest BCUT2D eigenvalue weighted by Crippen LogP contribution is -2.23. The summed E-state index contributed by atoms with van der Waals surface area (Å²) in [7, 11) is 0. The highest BCUT2D eigenvalue weighted by atomic mass is 79.9. The number of halogens is 2. The molecule has 0 radical (unpaired) electrons. The fraction of sp³-hybridized carbons (Fsp3) is 0.375. The molecule has 108 valence electrons. The molecule has 1 aromatic heterocycles. The van der Waals surface area contributed by atoms with E-state index in [9.17, 15) is 0 Å². The molecule has 0 amide bonds. The van der Waals surface area contributed by atoms with Gasteiger partial charge in [0.1, 0.15) is 0 Å². The van der Waals surface area contributed by atoms with Crippen LogP contribution in [0.5, 0.6) is 0 Å². The summed E-state index contributed by atoms with van der Waals surface area (Å²) in [5.41, 5.74) is 2.63. The molecule has 0 spiro atoms. The summed E-state index contributed by atoms with van der Waals surface area (Å²) in [5, 5.41) is 3.66. The summed E-state index contributed by atoms with van der Waals surface area (Å²) in [6.45, 7) is 5.37. The van der Waals surface area contributed by atoms with E-state index < -0.39 is 0 Å². The third-order valence-electron chi connectivity index (χ3n) is 3.27. The van der Waals surface area contributed by atoms with Crippen molar-refractivity contribution in [3.63, 3.8) is 0 Å². The molecule has 2 rings (SSSR count). The number of hydrogen-bond donors (Lipinski definition) is 1. The molecule has 0 saturated heterocycles. The van der Waals surface area contributed by atoms with Gasteiger partial charge in [-0.15, -0.1) is 11.3 Å². The Morgan fingerprint density at radius 1 is 1.20 bits per heavy atom. The van der Waals surface area contributed by atoms with Crippen molar-refractivity contribution in [2.75, 3.05) is 6.54 Å². The topological polar surface area (TPSA) is 12.0 Å². The summed E-state index contributed by atoms with van der Waals surface area (Å²) in [5.74, 6) is 0. The molecule has 0 aliphatic heterocycles. The summed E-state index contributed by atoms with van der Waals surface area (Å²) in [6, 6.07) is 11.4. The fourth-order valence-electron chi connectivity index (χ4n) is 2.11. The van der Waals surface area contributed by atoms with Crippen LogP contribution in [0.2, 0.25) is 0 Å². The van der Waals surface area contributed by atoms with Crippen LogP contribution in [0.25, 0.3) is 0 Å². The minimum atomic E-state index is 0.373. The third kappa shape index (κ3) is 4.42. The number of rotatable bonds is 6. The van der Waals surface area contributed by atoms with Gasteiger partial charge in [0.2, 0.25) is 0 Å². The van der Waals surface area contributed by atoms with Gasteiger partial charge in [0.05, 0.1) is 3.79 Å². The SMILES string of the molecule is CCCNC(Cc1ccc(Br)s1)c1ccc(C)c(Br)c1. The van der Waals surface area contributed by atoms with Crippen LogP contribution < -0.4 is 5.32 Å². The zero-order chi connectivity index (χ0) is 14.5. The molecule has 1 heterocycles. The Balaban J connectivity index is 2.19. The normalized spacial score (nSPS) is 12.6. The molecule has 1 atom stereocenters. The molecule has 20 heavy (non-hydrogen) atoms. The van der Waals surface area contributed by atoms with Crippen molar-refractivity contribution in [2.24, 2.45) is 0 Å². The number of hydrogen-bond acceptors (Lipinski definition) is 2. The molecular weight excluding hydrogens is 398 g/mol. The molecule has 1 nitrogen and oxygen atoms in total. The zero-order valence-electron chi connectivity index (χ0n) is 11.7. The van der Waals surface area contributed by atoms with Crippen LogP contribution in [0, 0.1) is 6.92 Å². The van der Waals surface area contributed by atoms with E-state index >= 15 is 0 Å². The van der Waals surface area contributed by atoms with Crippen molar-refractivity contribution >= 4 is 43.2 Å². The second-order valence-corrected chi connectivity index (χ2v) is 8.33. The van der Waals surface area contributed by atoms with Crippen molar-refractivity contribution < 1.29 is 0 Å². The molecule has 0 aliphatic rings. The maximum atomic E-state index is 3.66. The Kier molecular flexibility index (Phi) is 6.27. The summed E-state index contributed by atoms with van der Waals surface area (Å²) in [4.78, 5) is 1.40. The molecule has 1 aromatic carbocycles. The number of benzene rings is 1. The predicted octanol–water partition coefficient (Wildman–Crippen LogP) is 5.86. The summed E-state index contributed by atoms with van der Waals surface area (Å²) in [6.07, 6.45) is 2.18. The number of nitrogens with one attached hydrogen (secondary N) is 1. The van der Waals surface area contributed by atoms with Crippen LogP contribution in [0.15, 0.2) is 38.6 Å². The van der Waals surface area contributed by atoms with Gasteiger partial charge in [0, 0.05) is 21.8 Å². The maximum absolute atomic E-state index is 3.66. The van der Waals surface area contributed by atoms with Crippen LogP contribution in [-0.2, 0) is 6.42 Å². The smallest absolute Gasteiger partial charge is 0.0701 e. The molecular formula is C16H19Br2NS. The Bertz CT molecular complexity index is 565. The van der Waals surface area contributed by atoms with E-state index in [-0.39, 0.29) is 0 Å². The lowest BCUT2D eigenvalue weighted by atomic mass is 10.0. The summed E-state index contributed by atoms with van der Waals surface area (Å²) < 4.78 is 2.39. The largest absolute Gasteiger partial charge is 0.310 e. The highest BCUT2D eigenvalue weighted by Crippen LogP contribution is 2.28. The minimum Gasteiger partial charge on any atom is -0.310 e. The first kappa shape index (κ1) is 16.2. The predicted molar refractivity (Wildman–Crippen MR) is 95.6 cm³/mol. The molecule has 0 bridgehead atoms. The monoisotopic (exact) mass is 415 g/mol. The van der Waals surface area contributed by atoms with Crippen molar-refractivity contribution in [3.05, 3.63) is 54.6 Å². The highest BCUT2D eigenvalue weighted by molar-refractivity contribution is 9.11. The standard InChI is InChI=1S/C16H19Br2NS/c1-3-8-19-15(10-13-6-7-16(18)20-13)12-5-4-11(2)14(17)9-12/h4-7,9,15,19H,3,8,10H2,1-2H3. The van der Waals surface area contributed by atoms with Crippen molar-refractivity contribution in [3.8, 4) is 0 Å². The molecule has 2 aromatic rings. The maximum Gasteiger partial charge on any atom is 0.0701 e. The Hall–Kier alpha value is -0.160. The summed E-state index contributed by atoms with van der Waals surface area (Å²) >= 11 is 9.00. The van der Waals surface area contributed by atoms with Crippen molar-refractivity contribution in [1.29, 1.82) is 0 Å². The molecule has 0 saturated carbocycles. The van der Waals surface area contributed by atoms with Gasteiger partial charge < -0.3 is 5.32 Å². The van der Waals surface area contributed by atoms with Crippen molar-refractivity contribution in [2.45, 2.75) is 32.7 Å². The fourth-order valence-corrected chi connectivity index (χ4v) is 4.04. The van der Waals surface area contributed by atoms with Gasteiger partial charge in [-0.05, 0) is 65.1 Å². The Labute approximate surface area is 142 Å². The first-order chi connectivity index (χ1) is 9.60. The van der Waals surface area contributed by atoms with E-state index in [1.807, 2.05) is 11.3 Å².